The molecule has 78 valence electrons. The van der Waals surface area contributed by atoms with E-state index >= 15 is 0 Å². The molecular weight excluding hydrogens is 178 g/mol. The van der Waals surface area contributed by atoms with E-state index in [0.717, 1.165) is 12.5 Å². The predicted molar refractivity (Wildman–Crippen MR) is 52.7 cm³/mol. The minimum absolute atomic E-state index is 0.198. The minimum atomic E-state index is -0.246. The van der Waals surface area contributed by atoms with Gasteiger partial charge in [0.05, 0.1) is 0 Å². The number of rotatable bonds is 2. The molecule has 0 aromatic carbocycles. The second kappa shape index (κ2) is 3.71. The van der Waals surface area contributed by atoms with Gasteiger partial charge in [0, 0.05) is 19.5 Å². The summed E-state index contributed by atoms with van der Waals surface area (Å²) in [4.78, 5) is 24.1. The standard InChI is InChI=1S/C11H17NO2/c1-8-2-3-9(6-8)7-12-5-4-10(13)11(12)14/h8-9H,2-7H2,1H3. The summed E-state index contributed by atoms with van der Waals surface area (Å²) in [6, 6.07) is 0. The third kappa shape index (κ3) is 1.81. The van der Waals surface area contributed by atoms with Crippen molar-refractivity contribution < 1.29 is 9.59 Å². The molecular formula is C11H17NO2. The van der Waals surface area contributed by atoms with Crippen LogP contribution < -0.4 is 0 Å². The van der Waals surface area contributed by atoms with Gasteiger partial charge in [-0.25, -0.2) is 0 Å². The van der Waals surface area contributed by atoms with E-state index in [4.69, 9.17) is 0 Å². The SMILES string of the molecule is CC1CCC(CN2CCC(=O)C2=O)C1. The van der Waals surface area contributed by atoms with Crippen LogP contribution in [0.15, 0.2) is 0 Å². The average Bonchev–Trinajstić information content (AvgIpc) is 2.67. The molecule has 3 heteroatoms. The van der Waals surface area contributed by atoms with Crippen molar-refractivity contribution in [3.63, 3.8) is 0 Å². The van der Waals surface area contributed by atoms with E-state index in [-0.39, 0.29) is 11.7 Å². The van der Waals surface area contributed by atoms with Crippen LogP contribution >= 0.6 is 0 Å². The highest BCUT2D eigenvalue weighted by atomic mass is 16.2. The normalized spacial score (nSPS) is 33.1. The summed E-state index contributed by atoms with van der Waals surface area (Å²) in [7, 11) is 0. The Morgan fingerprint density at radius 2 is 2.14 bits per heavy atom. The number of hydrogen-bond donors (Lipinski definition) is 0. The fraction of sp³-hybridized carbons (Fsp3) is 0.818. The Morgan fingerprint density at radius 3 is 2.64 bits per heavy atom. The smallest absolute Gasteiger partial charge is 0.290 e. The Morgan fingerprint density at radius 1 is 1.36 bits per heavy atom. The fourth-order valence-electron chi connectivity index (χ4n) is 2.60. The van der Waals surface area contributed by atoms with Crippen LogP contribution in [-0.4, -0.2) is 29.7 Å². The summed E-state index contributed by atoms with van der Waals surface area (Å²) in [5, 5.41) is 0. The highest BCUT2D eigenvalue weighted by Crippen LogP contribution is 2.31. The molecule has 1 aliphatic heterocycles. The third-order valence-electron chi connectivity index (χ3n) is 3.42. The molecule has 1 saturated heterocycles. The van der Waals surface area contributed by atoms with E-state index in [2.05, 4.69) is 6.92 Å². The lowest BCUT2D eigenvalue weighted by Gasteiger charge is -2.19. The van der Waals surface area contributed by atoms with Gasteiger partial charge >= 0.3 is 0 Å². The van der Waals surface area contributed by atoms with Crippen molar-refractivity contribution in [2.75, 3.05) is 13.1 Å². The Labute approximate surface area is 84.5 Å². The van der Waals surface area contributed by atoms with Gasteiger partial charge in [0.25, 0.3) is 5.91 Å². The van der Waals surface area contributed by atoms with Crippen molar-refractivity contribution in [1.29, 1.82) is 0 Å². The van der Waals surface area contributed by atoms with Gasteiger partial charge in [-0.05, 0) is 24.7 Å². The zero-order valence-corrected chi connectivity index (χ0v) is 8.66. The first-order chi connectivity index (χ1) is 6.66. The lowest BCUT2D eigenvalue weighted by atomic mass is 10.1. The van der Waals surface area contributed by atoms with Crippen molar-refractivity contribution in [3.8, 4) is 0 Å². The number of carbonyl (C=O) groups is 2. The van der Waals surface area contributed by atoms with E-state index in [1.807, 2.05) is 0 Å². The van der Waals surface area contributed by atoms with Gasteiger partial charge in [-0.15, -0.1) is 0 Å². The monoisotopic (exact) mass is 195 g/mol. The van der Waals surface area contributed by atoms with Gasteiger partial charge in [0.1, 0.15) is 0 Å². The van der Waals surface area contributed by atoms with Crippen molar-refractivity contribution >= 4 is 11.7 Å². The van der Waals surface area contributed by atoms with Crippen LogP contribution in [0.4, 0.5) is 0 Å². The molecule has 1 heterocycles. The van der Waals surface area contributed by atoms with Gasteiger partial charge in [0.15, 0.2) is 0 Å². The van der Waals surface area contributed by atoms with Gasteiger partial charge in [-0.1, -0.05) is 13.3 Å². The molecule has 0 spiro atoms. The van der Waals surface area contributed by atoms with Crippen LogP contribution in [0, 0.1) is 11.8 Å². The van der Waals surface area contributed by atoms with E-state index in [0.29, 0.717) is 18.9 Å². The van der Waals surface area contributed by atoms with Gasteiger partial charge in [-0.2, -0.15) is 0 Å². The zero-order chi connectivity index (χ0) is 10.1. The summed E-state index contributed by atoms with van der Waals surface area (Å²) in [5.74, 6) is 0.994. The maximum absolute atomic E-state index is 11.4. The maximum atomic E-state index is 11.4. The van der Waals surface area contributed by atoms with Crippen molar-refractivity contribution in [3.05, 3.63) is 0 Å². The number of nitrogens with zero attached hydrogens (tertiary/aromatic N) is 1. The lowest BCUT2D eigenvalue weighted by Crippen LogP contribution is -2.31. The topological polar surface area (TPSA) is 37.4 Å². The Bertz CT molecular complexity index is 262. The van der Waals surface area contributed by atoms with Crippen molar-refractivity contribution in [1.82, 2.24) is 4.90 Å². The van der Waals surface area contributed by atoms with Crippen LogP contribution in [0.2, 0.25) is 0 Å². The molecule has 2 aliphatic rings. The quantitative estimate of drug-likeness (QED) is 0.621. The second-order valence-corrected chi connectivity index (χ2v) is 4.71. The Hall–Kier alpha value is -0.860. The largest absolute Gasteiger partial charge is 0.335 e. The van der Waals surface area contributed by atoms with Crippen molar-refractivity contribution in [2.45, 2.75) is 32.6 Å². The molecule has 2 rings (SSSR count). The molecule has 0 radical (unpaired) electrons. The molecule has 14 heavy (non-hydrogen) atoms. The Balaban J connectivity index is 1.86. The van der Waals surface area contributed by atoms with Gasteiger partial charge in [0.2, 0.25) is 5.78 Å². The molecule has 0 bridgehead atoms. The highest BCUT2D eigenvalue weighted by Gasteiger charge is 2.32. The minimum Gasteiger partial charge on any atom is -0.335 e. The van der Waals surface area contributed by atoms with E-state index in [1.165, 1.54) is 19.3 Å². The number of Topliss-reactive ketones (excluding diaryl/α,β-unsaturated/α-hetero) is 1. The number of ketones is 1. The molecule has 0 aromatic heterocycles. The maximum Gasteiger partial charge on any atom is 0.290 e. The zero-order valence-electron chi connectivity index (χ0n) is 8.66. The summed E-state index contributed by atoms with van der Waals surface area (Å²) in [5.41, 5.74) is 0. The van der Waals surface area contributed by atoms with Gasteiger partial charge < -0.3 is 4.90 Å². The van der Waals surface area contributed by atoms with Crippen LogP contribution in [0.5, 0.6) is 0 Å². The van der Waals surface area contributed by atoms with Crippen LogP contribution in [0.25, 0.3) is 0 Å². The van der Waals surface area contributed by atoms with Gasteiger partial charge in [-0.3, -0.25) is 9.59 Å². The summed E-state index contributed by atoms with van der Waals surface area (Å²) in [6.07, 6.45) is 4.15. The number of amides is 1. The van der Waals surface area contributed by atoms with E-state index < -0.39 is 0 Å². The van der Waals surface area contributed by atoms with Crippen LogP contribution in [-0.2, 0) is 9.59 Å². The van der Waals surface area contributed by atoms with E-state index in [9.17, 15) is 9.59 Å². The molecule has 2 unspecified atom stereocenters. The highest BCUT2D eigenvalue weighted by molar-refractivity contribution is 6.37. The summed E-state index contributed by atoms with van der Waals surface area (Å²) >= 11 is 0. The van der Waals surface area contributed by atoms with E-state index in [1.54, 1.807) is 4.90 Å². The summed E-state index contributed by atoms with van der Waals surface area (Å²) < 4.78 is 0. The second-order valence-electron chi connectivity index (χ2n) is 4.71. The third-order valence-corrected chi connectivity index (χ3v) is 3.42. The first-order valence-corrected chi connectivity index (χ1v) is 5.49. The average molecular weight is 195 g/mol. The number of likely N-dealkylation sites (tertiary alicyclic amines) is 1. The van der Waals surface area contributed by atoms with Crippen LogP contribution in [0.1, 0.15) is 32.6 Å². The molecule has 2 atom stereocenters. The lowest BCUT2D eigenvalue weighted by molar-refractivity contribution is -0.140. The molecule has 1 saturated carbocycles. The first-order valence-electron chi connectivity index (χ1n) is 5.49. The Kier molecular flexibility index (Phi) is 2.57. The van der Waals surface area contributed by atoms with Crippen LogP contribution in [0.3, 0.4) is 0 Å². The predicted octanol–water partition coefficient (Wildman–Crippen LogP) is 1.22. The molecule has 3 nitrogen and oxygen atoms in total. The number of hydrogen-bond acceptors (Lipinski definition) is 2. The fourth-order valence-corrected chi connectivity index (χ4v) is 2.60. The summed E-state index contributed by atoms with van der Waals surface area (Å²) in [6.45, 7) is 3.73. The molecule has 2 fully saturated rings. The molecule has 1 aliphatic carbocycles. The number of carbonyl (C=O) groups excluding carboxylic acids is 2. The molecule has 0 N–H and O–H groups in total. The molecule has 0 aromatic rings. The van der Waals surface area contributed by atoms with Crippen molar-refractivity contribution in [2.24, 2.45) is 11.8 Å². The molecule has 1 amide bonds. The first kappa shape index (κ1) is 9.69.